The van der Waals surface area contributed by atoms with E-state index in [1.54, 1.807) is 0 Å². The van der Waals surface area contributed by atoms with Crippen LogP contribution in [0.3, 0.4) is 0 Å². The number of nitrogens with two attached hydrogens (primary N) is 1. The summed E-state index contributed by atoms with van der Waals surface area (Å²) in [6, 6.07) is 0. The third kappa shape index (κ3) is 2.98. The van der Waals surface area contributed by atoms with Gasteiger partial charge in [0.25, 0.3) is 0 Å². The van der Waals surface area contributed by atoms with Crippen LogP contribution >= 0.6 is 0 Å². The van der Waals surface area contributed by atoms with Crippen molar-refractivity contribution in [3.63, 3.8) is 0 Å². The largest absolute Gasteiger partial charge is 0.228 e. The van der Waals surface area contributed by atoms with E-state index in [0.29, 0.717) is 6.42 Å². The van der Waals surface area contributed by atoms with Gasteiger partial charge in [-0.05, 0) is 6.42 Å². The van der Waals surface area contributed by atoms with Crippen molar-refractivity contribution < 1.29 is 8.42 Å². The van der Waals surface area contributed by atoms with Crippen LogP contribution in [-0.4, -0.2) is 13.7 Å². The summed E-state index contributed by atoms with van der Waals surface area (Å²) in [5, 5.41) is 4.31. The number of primary sulfonamides is 1. The van der Waals surface area contributed by atoms with Gasteiger partial charge in [-0.1, -0.05) is 19.4 Å². The van der Waals surface area contributed by atoms with Gasteiger partial charge >= 0.3 is 0 Å². The molecule has 1 unspecified atom stereocenters. The van der Waals surface area contributed by atoms with E-state index >= 15 is 0 Å². The second-order valence-corrected chi connectivity index (χ2v) is 3.94. The number of hydrogen-bond acceptors (Lipinski definition) is 2. The van der Waals surface area contributed by atoms with E-state index in [1.165, 1.54) is 6.08 Å². The van der Waals surface area contributed by atoms with Gasteiger partial charge in [0.15, 0.2) is 0 Å². The van der Waals surface area contributed by atoms with E-state index in [1.807, 2.05) is 6.92 Å². The molecule has 0 aromatic carbocycles. The van der Waals surface area contributed by atoms with Gasteiger partial charge in [-0.3, -0.25) is 0 Å². The zero-order chi connectivity index (χ0) is 8.20. The Labute approximate surface area is 62.0 Å². The van der Waals surface area contributed by atoms with Crippen molar-refractivity contribution in [2.45, 2.75) is 25.0 Å². The Bertz CT molecular complexity index is 196. The summed E-state index contributed by atoms with van der Waals surface area (Å²) in [6.07, 6.45) is 2.73. The molecule has 10 heavy (non-hydrogen) atoms. The van der Waals surface area contributed by atoms with Gasteiger partial charge in [-0.15, -0.1) is 6.58 Å². The Morgan fingerprint density at radius 1 is 1.70 bits per heavy atom. The molecule has 0 amide bonds. The van der Waals surface area contributed by atoms with Crippen LogP contribution in [0.1, 0.15) is 19.8 Å². The summed E-state index contributed by atoms with van der Waals surface area (Å²) in [6.45, 7) is 5.29. The van der Waals surface area contributed by atoms with Crippen LogP contribution in [0, 0.1) is 0 Å². The minimum atomic E-state index is -3.40. The summed E-state index contributed by atoms with van der Waals surface area (Å²) >= 11 is 0. The second kappa shape index (κ2) is 3.73. The molecule has 3 nitrogen and oxygen atoms in total. The molecule has 0 heterocycles. The lowest BCUT2D eigenvalue weighted by molar-refractivity contribution is 0.584. The highest BCUT2D eigenvalue weighted by atomic mass is 32.2. The first-order valence-corrected chi connectivity index (χ1v) is 4.77. The quantitative estimate of drug-likeness (QED) is 0.618. The van der Waals surface area contributed by atoms with Crippen LogP contribution < -0.4 is 5.14 Å². The molecule has 0 aromatic heterocycles. The molecule has 0 fully saturated rings. The van der Waals surface area contributed by atoms with Crippen molar-refractivity contribution in [2.75, 3.05) is 0 Å². The highest BCUT2D eigenvalue weighted by Gasteiger charge is 2.15. The van der Waals surface area contributed by atoms with E-state index in [-0.39, 0.29) is 0 Å². The standard InChI is InChI=1S/C6H13NO2S/c1-3-5-6(4-2)10(7,8)9/h4,6H,2-3,5H2,1H3,(H2,7,8,9). The monoisotopic (exact) mass is 163 g/mol. The highest BCUT2D eigenvalue weighted by Crippen LogP contribution is 2.05. The van der Waals surface area contributed by atoms with Crippen LogP contribution in [0.4, 0.5) is 0 Å². The van der Waals surface area contributed by atoms with Crippen molar-refractivity contribution >= 4 is 10.0 Å². The van der Waals surface area contributed by atoms with Gasteiger partial charge in [-0.2, -0.15) is 0 Å². The summed E-state index contributed by atoms with van der Waals surface area (Å²) in [4.78, 5) is 0. The van der Waals surface area contributed by atoms with Crippen molar-refractivity contribution in [3.05, 3.63) is 12.7 Å². The molecule has 0 aliphatic heterocycles. The molecule has 60 valence electrons. The minimum absolute atomic E-state index is 0.558. The van der Waals surface area contributed by atoms with Crippen molar-refractivity contribution in [3.8, 4) is 0 Å². The van der Waals surface area contributed by atoms with Crippen molar-refractivity contribution in [1.82, 2.24) is 0 Å². The molecule has 2 N–H and O–H groups in total. The third-order valence-electron chi connectivity index (χ3n) is 1.26. The molecular weight excluding hydrogens is 150 g/mol. The topological polar surface area (TPSA) is 60.2 Å². The van der Waals surface area contributed by atoms with Crippen molar-refractivity contribution in [1.29, 1.82) is 0 Å². The maximum atomic E-state index is 10.7. The zero-order valence-electron chi connectivity index (χ0n) is 6.08. The van der Waals surface area contributed by atoms with E-state index in [4.69, 9.17) is 5.14 Å². The molecule has 0 radical (unpaired) electrons. The summed E-state index contributed by atoms with van der Waals surface area (Å²) in [5.41, 5.74) is 0. The fourth-order valence-corrected chi connectivity index (χ4v) is 1.53. The first-order valence-electron chi connectivity index (χ1n) is 3.16. The minimum Gasteiger partial charge on any atom is -0.228 e. The van der Waals surface area contributed by atoms with Crippen molar-refractivity contribution in [2.24, 2.45) is 5.14 Å². The second-order valence-electron chi connectivity index (χ2n) is 2.15. The maximum Gasteiger partial charge on any atom is 0.215 e. The SMILES string of the molecule is C=CC(CCC)S(N)(=O)=O. The fraction of sp³-hybridized carbons (Fsp3) is 0.667. The molecule has 0 bridgehead atoms. The fourth-order valence-electron chi connectivity index (χ4n) is 0.701. The zero-order valence-corrected chi connectivity index (χ0v) is 6.89. The normalized spacial score (nSPS) is 14.6. The molecule has 0 aliphatic rings. The number of sulfonamides is 1. The third-order valence-corrected chi connectivity index (χ3v) is 2.53. The lowest BCUT2D eigenvalue weighted by Crippen LogP contribution is -2.26. The van der Waals surface area contributed by atoms with Gasteiger partial charge in [0.2, 0.25) is 10.0 Å². The first-order chi connectivity index (χ1) is 4.52. The predicted octanol–water partition coefficient (Wildman–Crippen LogP) is 0.630. The van der Waals surface area contributed by atoms with Gasteiger partial charge in [0.05, 0.1) is 5.25 Å². The van der Waals surface area contributed by atoms with Gasteiger partial charge in [0, 0.05) is 0 Å². The molecule has 0 aliphatic carbocycles. The van der Waals surface area contributed by atoms with Gasteiger partial charge in [0.1, 0.15) is 0 Å². The Balaban J connectivity index is 4.22. The van der Waals surface area contributed by atoms with Crippen LogP contribution in [-0.2, 0) is 10.0 Å². The summed E-state index contributed by atoms with van der Waals surface area (Å²) in [5.74, 6) is 0. The maximum absolute atomic E-state index is 10.7. The molecule has 4 heteroatoms. The Morgan fingerprint density at radius 3 is 2.30 bits per heavy atom. The molecule has 1 atom stereocenters. The lowest BCUT2D eigenvalue weighted by Gasteiger charge is -2.06. The molecular formula is C6H13NO2S. The predicted molar refractivity (Wildman–Crippen MR) is 42.0 cm³/mol. The van der Waals surface area contributed by atoms with E-state index in [2.05, 4.69) is 6.58 Å². The molecule has 0 aromatic rings. The first kappa shape index (κ1) is 9.65. The lowest BCUT2D eigenvalue weighted by atomic mass is 10.2. The summed E-state index contributed by atoms with van der Waals surface area (Å²) < 4.78 is 21.3. The van der Waals surface area contributed by atoms with Crippen LogP contribution in [0.15, 0.2) is 12.7 Å². The summed E-state index contributed by atoms with van der Waals surface area (Å²) in [7, 11) is -3.40. The molecule has 0 saturated carbocycles. The van der Waals surface area contributed by atoms with E-state index < -0.39 is 15.3 Å². The van der Waals surface area contributed by atoms with Gasteiger partial charge in [-0.25, -0.2) is 13.6 Å². The van der Waals surface area contributed by atoms with Gasteiger partial charge < -0.3 is 0 Å². The van der Waals surface area contributed by atoms with Crippen LogP contribution in [0.2, 0.25) is 0 Å². The smallest absolute Gasteiger partial charge is 0.215 e. The van der Waals surface area contributed by atoms with E-state index in [0.717, 1.165) is 6.42 Å². The number of rotatable bonds is 4. The van der Waals surface area contributed by atoms with Crippen LogP contribution in [0.25, 0.3) is 0 Å². The Hall–Kier alpha value is -0.350. The number of hydrogen-bond donors (Lipinski definition) is 1. The Kier molecular flexibility index (Phi) is 3.60. The van der Waals surface area contributed by atoms with Crippen LogP contribution in [0.5, 0.6) is 0 Å². The molecule has 0 saturated heterocycles. The Morgan fingerprint density at radius 2 is 2.20 bits per heavy atom. The highest BCUT2D eigenvalue weighted by molar-refractivity contribution is 7.89. The average molecular weight is 163 g/mol. The average Bonchev–Trinajstić information content (AvgIpc) is 1.80. The molecule has 0 spiro atoms. The molecule has 0 rings (SSSR count). The van der Waals surface area contributed by atoms with E-state index in [9.17, 15) is 8.42 Å².